The highest BCUT2D eigenvalue weighted by molar-refractivity contribution is 5.41. The number of hydrogen-bond acceptors (Lipinski definition) is 6. The second-order valence-corrected chi connectivity index (χ2v) is 7.24. The molecule has 0 amide bonds. The van der Waals surface area contributed by atoms with Gasteiger partial charge in [0.25, 0.3) is 5.56 Å². The Hall–Kier alpha value is -2.92. The Balaban J connectivity index is 2.09. The Morgan fingerprint density at radius 3 is 2.93 bits per heavy atom. The van der Waals surface area contributed by atoms with Crippen LogP contribution in [0.5, 0.6) is 5.75 Å². The topological polar surface area (TPSA) is 97.2 Å². The summed E-state index contributed by atoms with van der Waals surface area (Å²) in [4.78, 5) is 19.5. The molecule has 1 aliphatic rings. The smallest absolute Gasteiger partial charge is 0.297 e. The molecule has 2 N–H and O–H groups in total. The number of nitrogens with two attached hydrogens (primary N) is 1. The summed E-state index contributed by atoms with van der Waals surface area (Å²) in [6.07, 6.45) is 3.04. The van der Waals surface area contributed by atoms with Gasteiger partial charge >= 0.3 is 0 Å². The molecular formula is C20H24FN5O2. The van der Waals surface area contributed by atoms with Crippen LogP contribution in [0.15, 0.2) is 29.2 Å². The zero-order valence-electron chi connectivity index (χ0n) is 16.1. The van der Waals surface area contributed by atoms with Gasteiger partial charge in [0, 0.05) is 19.1 Å². The zero-order valence-corrected chi connectivity index (χ0v) is 16.1. The summed E-state index contributed by atoms with van der Waals surface area (Å²) in [6.45, 7) is 4.95. The molecule has 0 spiro atoms. The first-order chi connectivity index (χ1) is 13.4. The molecule has 1 saturated heterocycles. The van der Waals surface area contributed by atoms with Gasteiger partial charge in [0.1, 0.15) is 5.82 Å². The van der Waals surface area contributed by atoms with Crippen molar-refractivity contribution in [3.63, 3.8) is 0 Å². The van der Waals surface area contributed by atoms with E-state index in [1.807, 2.05) is 24.8 Å². The van der Waals surface area contributed by atoms with Crippen molar-refractivity contribution in [3.8, 4) is 11.8 Å². The lowest BCUT2D eigenvalue weighted by molar-refractivity contribution is 0.236. The van der Waals surface area contributed by atoms with Crippen molar-refractivity contribution in [1.29, 1.82) is 5.26 Å². The van der Waals surface area contributed by atoms with Crippen LogP contribution in [0.25, 0.3) is 0 Å². The molecule has 0 radical (unpaired) electrons. The Bertz CT molecular complexity index is 951. The predicted octanol–water partition coefficient (Wildman–Crippen LogP) is 2.02. The number of halogens is 1. The standard InChI is InChI=1S/C20H24FN5O2/c1-13(2)28-18-10-24-20(25-7-3-4-17(23)12-25)26(19(18)27)11-15-8-16(21)6-5-14(15)9-22/h5-6,8,10,13,17H,3-4,7,11-12,23H2,1-2H3/t17-/m1/s1. The van der Waals surface area contributed by atoms with Crippen LogP contribution in [0.4, 0.5) is 10.3 Å². The number of piperidine rings is 1. The Kier molecular flexibility index (Phi) is 5.95. The van der Waals surface area contributed by atoms with E-state index in [0.717, 1.165) is 19.4 Å². The molecule has 28 heavy (non-hydrogen) atoms. The fraction of sp³-hybridized carbons (Fsp3) is 0.450. The molecule has 1 aromatic heterocycles. The Morgan fingerprint density at radius 2 is 2.25 bits per heavy atom. The highest BCUT2D eigenvalue weighted by Gasteiger charge is 2.23. The normalized spacial score (nSPS) is 16.9. The van der Waals surface area contributed by atoms with Crippen LogP contribution in [0, 0.1) is 17.1 Å². The van der Waals surface area contributed by atoms with Crippen LogP contribution in [-0.2, 0) is 6.54 Å². The molecule has 1 fully saturated rings. The summed E-state index contributed by atoms with van der Waals surface area (Å²) in [5.74, 6) is 0.102. The first-order valence-corrected chi connectivity index (χ1v) is 9.34. The first kappa shape index (κ1) is 19.8. The molecule has 7 nitrogen and oxygen atoms in total. The number of nitriles is 1. The average molecular weight is 385 g/mol. The molecule has 1 aliphatic heterocycles. The van der Waals surface area contributed by atoms with E-state index in [1.165, 1.54) is 29.0 Å². The second-order valence-electron chi connectivity index (χ2n) is 7.24. The maximum atomic E-state index is 13.8. The van der Waals surface area contributed by atoms with E-state index in [2.05, 4.69) is 4.98 Å². The molecule has 1 atom stereocenters. The summed E-state index contributed by atoms with van der Waals surface area (Å²) in [6, 6.07) is 5.95. The Morgan fingerprint density at radius 1 is 1.46 bits per heavy atom. The van der Waals surface area contributed by atoms with E-state index in [-0.39, 0.29) is 30.0 Å². The number of anilines is 1. The van der Waals surface area contributed by atoms with Crippen molar-refractivity contribution in [1.82, 2.24) is 9.55 Å². The van der Waals surface area contributed by atoms with E-state index >= 15 is 0 Å². The average Bonchev–Trinajstić information content (AvgIpc) is 2.65. The van der Waals surface area contributed by atoms with Crippen molar-refractivity contribution >= 4 is 5.95 Å². The minimum atomic E-state index is -0.467. The van der Waals surface area contributed by atoms with Crippen molar-refractivity contribution in [3.05, 3.63) is 51.7 Å². The maximum Gasteiger partial charge on any atom is 0.297 e. The van der Waals surface area contributed by atoms with Gasteiger partial charge in [-0.05, 0) is 50.5 Å². The number of hydrogen-bond donors (Lipinski definition) is 1. The number of nitrogens with zero attached hydrogens (tertiary/aromatic N) is 4. The van der Waals surface area contributed by atoms with Gasteiger partial charge in [0.05, 0.1) is 30.5 Å². The molecule has 3 rings (SSSR count). The van der Waals surface area contributed by atoms with Crippen molar-refractivity contribution in [2.75, 3.05) is 18.0 Å². The van der Waals surface area contributed by atoms with Crippen molar-refractivity contribution in [2.45, 2.75) is 45.4 Å². The van der Waals surface area contributed by atoms with Gasteiger partial charge < -0.3 is 15.4 Å². The summed E-state index contributed by atoms with van der Waals surface area (Å²) in [7, 11) is 0. The molecule has 148 valence electrons. The van der Waals surface area contributed by atoms with E-state index in [0.29, 0.717) is 23.6 Å². The quantitative estimate of drug-likeness (QED) is 0.846. The molecule has 0 bridgehead atoms. The summed E-state index contributed by atoms with van der Waals surface area (Å²) in [5, 5.41) is 9.36. The number of rotatable bonds is 5. The fourth-order valence-corrected chi connectivity index (χ4v) is 3.36. The van der Waals surface area contributed by atoms with Gasteiger partial charge in [-0.25, -0.2) is 9.37 Å². The monoisotopic (exact) mass is 385 g/mol. The minimum absolute atomic E-state index is 0.00506. The van der Waals surface area contributed by atoms with Crippen LogP contribution in [0.3, 0.4) is 0 Å². The first-order valence-electron chi connectivity index (χ1n) is 9.34. The second kappa shape index (κ2) is 8.40. The number of aromatic nitrogens is 2. The minimum Gasteiger partial charge on any atom is -0.484 e. The van der Waals surface area contributed by atoms with Crippen LogP contribution in [0.2, 0.25) is 0 Å². The maximum absolute atomic E-state index is 13.8. The highest BCUT2D eigenvalue weighted by Crippen LogP contribution is 2.20. The summed E-state index contributed by atoms with van der Waals surface area (Å²) in [5.41, 5.74) is 6.44. The third-order valence-electron chi connectivity index (χ3n) is 4.61. The number of ether oxygens (including phenoxy) is 1. The van der Waals surface area contributed by atoms with Crippen LogP contribution < -0.4 is 20.9 Å². The van der Waals surface area contributed by atoms with Crippen LogP contribution in [-0.4, -0.2) is 34.8 Å². The van der Waals surface area contributed by atoms with Gasteiger partial charge in [-0.1, -0.05) is 0 Å². The highest BCUT2D eigenvalue weighted by atomic mass is 19.1. The fourth-order valence-electron chi connectivity index (χ4n) is 3.36. The lowest BCUT2D eigenvalue weighted by Crippen LogP contribution is -2.45. The Labute approximate surface area is 163 Å². The third-order valence-corrected chi connectivity index (χ3v) is 4.61. The van der Waals surface area contributed by atoms with Crippen LogP contribution >= 0.6 is 0 Å². The van der Waals surface area contributed by atoms with Gasteiger partial charge in [-0.3, -0.25) is 9.36 Å². The molecule has 0 aliphatic carbocycles. The van der Waals surface area contributed by atoms with Gasteiger partial charge in [-0.15, -0.1) is 0 Å². The van der Waals surface area contributed by atoms with Gasteiger partial charge in [0.15, 0.2) is 0 Å². The van der Waals surface area contributed by atoms with Gasteiger partial charge in [-0.2, -0.15) is 5.26 Å². The predicted molar refractivity (Wildman–Crippen MR) is 104 cm³/mol. The van der Waals surface area contributed by atoms with Crippen molar-refractivity contribution in [2.24, 2.45) is 5.73 Å². The summed E-state index contributed by atoms with van der Waals surface area (Å²) < 4.78 is 20.8. The molecule has 2 heterocycles. The molecule has 0 unspecified atom stereocenters. The molecule has 0 saturated carbocycles. The lowest BCUT2D eigenvalue weighted by atomic mass is 10.1. The molecule has 1 aromatic carbocycles. The van der Waals surface area contributed by atoms with E-state index < -0.39 is 5.82 Å². The van der Waals surface area contributed by atoms with Gasteiger partial charge in [0.2, 0.25) is 11.7 Å². The lowest BCUT2D eigenvalue weighted by Gasteiger charge is -2.33. The van der Waals surface area contributed by atoms with E-state index in [9.17, 15) is 14.4 Å². The largest absolute Gasteiger partial charge is 0.484 e. The number of benzene rings is 1. The third kappa shape index (κ3) is 4.31. The van der Waals surface area contributed by atoms with Crippen LogP contribution in [0.1, 0.15) is 37.8 Å². The summed E-state index contributed by atoms with van der Waals surface area (Å²) >= 11 is 0. The van der Waals surface area contributed by atoms with E-state index in [4.69, 9.17) is 10.5 Å². The van der Waals surface area contributed by atoms with E-state index in [1.54, 1.807) is 0 Å². The molecular weight excluding hydrogens is 361 g/mol. The zero-order chi connectivity index (χ0) is 20.3. The molecule has 8 heteroatoms. The van der Waals surface area contributed by atoms with Crippen molar-refractivity contribution < 1.29 is 9.13 Å². The molecule has 2 aromatic rings. The SMILES string of the molecule is CC(C)Oc1cnc(N2CCC[C@@H](N)C2)n(Cc2cc(F)ccc2C#N)c1=O.